The van der Waals surface area contributed by atoms with Gasteiger partial charge in [-0.1, -0.05) is 71.1 Å². The number of rotatable bonds is 14. The minimum absolute atomic E-state index is 0.0983. The summed E-state index contributed by atoms with van der Waals surface area (Å²) in [6.07, 6.45) is 14.7. The van der Waals surface area contributed by atoms with Crippen LogP contribution in [0.2, 0.25) is 0 Å². The molecule has 3 heteroatoms. The van der Waals surface area contributed by atoms with E-state index in [2.05, 4.69) is 6.92 Å². The molecule has 0 aliphatic heterocycles. The molecule has 0 aromatic rings. The van der Waals surface area contributed by atoms with Crippen molar-refractivity contribution in [3.8, 4) is 0 Å². The maximum Gasteiger partial charge on any atom is 0.306 e. The Morgan fingerprint density at radius 2 is 1.35 bits per heavy atom. The summed E-state index contributed by atoms with van der Waals surface area (Å²) in [5, 5.41) is 0. The Kier molecular flexibility index (Phi) is 14.4. The zero-order valence-corrected chi connectivity index (χ0v) is 13.7. The second kappa shape index (κ2) is 14.8. The van der Waals surface area contributed by atoms with Crippen LogP contribution in [-0.2, 0) is 9.53 Å². The van der Waals surface area contributed by atoms with Crippen molar-refractivity contribution < 1.29 is 9.53 Å². The maximum atomic E-state index is 11.4. The minimum atomic E-state index is -0.143. The number of unbranched alkanes of at least 4 members (excludes halogenated alkanes) is 10. The van der Waals surface area contributed by atoms with Gasteiger partial charge in [0.2, 0.25) is 0 Å². The number of hydrogen-bond acceptors (Lipinski definition) is 3. The zero-order valence-electron chi connectivity index (χ0n) is 13.7. The fourth-order valence-electron chi connectivity index (χ4n) is 2.26. The van der Waals surface area contributed by atoms with Crippen LogP contribution in [0.15, 0.2) is 0 Å². The zero-order chi connectivity index (χ0) is 15.1. The molecule has 3 nitrogen and oxygen atoms in total. The maximum absolute atomic E-state index is 11.4. The van der Waals surface area contributed by atoms with Crippen LogP contribution in [0.5, 0.6) is 0 Å². The van der Waals surface area contributed by atoms with E-state index < -0.39 is 0 Å². The highest BCUT2D eigenvalue weighted by Gasteiger charge is 2.06. The number of ether oxygens (including phenoxy) is 1. The van der Waals surface area contributed by atoms with Crippen molar-refractivity contribution in [2.45, 2.75) is 97.0 Å². The topological polar surface area (TPSA) is 52.3 Å². The van der Waals surface area contributed by atoms with Crippen LogP contribution in [0.3, 0.4) is 0 Å². The van der Waals surface area contributed by atoms with E-state index in [-0.39, 0.29) is 12.1 Å². The molecule has 0 amide bonds. The normalized spacial score (nSPS) is 12.3. The SMILES string of the molecule is CCCCCCCCCCCCCC(=O)OC(C)CN. The molecule has 0 spiro atoms. The van der Waals surface area contributed by atoms with Crippen LogP contribution in [0.25, 0.3) is 0 Å². The van der Waals surface area contributed by atoms with Crippen LogP contribution in [0.1, 0.15) is 90.9 Å². The molecule has 2 N–H and O–H groups in total. The highest BCUT2D eigenvalue weighted by atomic mass is 16.5. The Labute approximate surface area is 125 Å². The van der Waals surface area contributed by atoms with E-state index in [0.717, 1.165) is 12.8 Å². The number of esters is 1. The summed E-state index contributed by atoms with van der Waals surface area (Å²) >= 11 is 0. The third-order valence-electron chi connectivity index (χ3n) is 3.65. The summed E-state index contributed by atoms with van der Waals surface area (Å²) in [6, 6.07) is 0. The molecule has 1 atom stereocenters. The van der Waals surface area contributed by atoms with Gasteiger partial charge in [0.1, 0.15) is 6.10 Å². The molecular weight excluding hydrogens is 250 g/mol. The molecule has 20 heavy (non-hydrogen) atoms. The van der Waals surface area contributed by atoms with E-state index in [1.807, 2.05) is 6.92 Å². The third-order valence-corrected chi connectivity index (χ3v) is 3.65. The van der Waals surface area contributed by atoms with Gasteiger partial charge < -0.3 is 10.5 Å². The molecule has 0 saturated heterocycles. The first-order valence-electron chi connectivity index (χ1n) is 8.60. The van der Waals surface area contributed by atoms with Gasteiger partial charge in [-0.15, -0.1) is 0 Å². The van der Waals surface area contributed by atoms with Crippen molar-refractivity contribution in [2.24, 2.45) is 5.73 Å². The smallest absolute Gasteiger partial charge is 0.306 e. The predicted molar refractivity (Wildman–Crippen MR) is 85.7 cm³/mol. The monoisotopic (exact) mass is 285 g/mol. The number of hydrogen-bond donors (Lipinski definition) is 1. The highest BCUT2D eigenvalue weighted by molar-refractivity contribution is 5.69. The first-order valence-corrected chi connectivity index (χ1v) is 8.60. The highest BCUT2D eigenvalue weighted by Crippen LogP contribution is 2.12. The van der Waals surface area contributed by atoms with Gasteiger partial charge in [0.15, 0.2) is 0 Å². The third kappa shape index (κ3) is 13.9. The molecule has 0 aromatic carbocycles. The largest absolute Gasteiger partial charge is 0.461 e. The second-order valence-corrected chi connectivity index (χ2v) is 5.82. The number of carbonyl (C=O) groups is 1. The Morgan fingerprint density at radius 3 is 1.80 bits per heavy atom. The van der Waals surface area contributed by atoms with E-state index in [9.17, 15) is 4.79 Å². The van der Waals surface area contributed by atoms with Gasteiger partial charge in [0, 0.05) is 13.0 Å². The van der Waals surface area contributed by atoms with Crippen molar-refractivity contribution in [2.75, 3.05) is 6.54 Å². The molecule has 0 radical (unpaired) electrons. The predicted octanol–water partition coefficient (Wildman–Crippen LogP) is 4.58. The average molecular weight is 285 g/mol. The van der Waals surface area contributed by atoms with Crippen LogP contribution >= 0.6 is 0 Å². The molecule has 120 valence electrons. The van der Waals surface area contributed by atoms with E-state index in [4.69, 9.17) is 10.5 Å². The first-order chi connectivity index (χ1) is 9.70. The van der Waals surface area contributed by atoms with Gasteiger partial charge >= 0.3 is 5.97 Å². The van der Waals surface area contributed by atoms with Gasteiger partial charge in [-0.05, 0) is 13.3 Å². The molecule has 0 saturated carbocycles. The fourth-order valence-corrected chi connectivity index (χ4v) is 2.26. The summed E-state index contributed by atoms with van der Waals surface area (Å²) in [4.78, 5) is 11.4. The molecule has 0 rings (SSSR count). The first kappa shape index (κ1) is 19.4. The fraction of sp³-hybridized carbons (Fsp3) is 0.941. The standard InChI is InChI=1S/C17H35NO2/c1-3-4-5-6-7-8-9-10-11-12-13-14-17(19)20-16(2)15-18/h16H,3-15,18H2,1-2H3. The molecule has 0 aliphatic carbocycles. The molecule has 0 bridgehead atoms. The lowest BCUT2D eigenvalue weighted by molar-refractivity contribution is -0.147. The molecule has 0 heterocycles. The van der Waals surface area contributed by atoms with E-state index >= 15 is 0 Å². The molecule has 1 unspecified atom stereocenters. The van der Waals surface area contributed by atoms with Crippen molar-refractivity contribution >= 4 is 5.97 Å². The van der Waals surface area contributed by atoms with Gasteiger partial charge in [-0.3, -0.25) is 4.79 Å². The van der Waals surface area contributed by atoms with Crippen LogP contribution in [-0.4, -0.2) is 18.6 Å². The quantitative estimate of drug-likeness (QED) is 0.375. The molecular formula is C17H35NO2. The summed E-state index contributed by atoms with van der Waals surface area (Å²) in [5.41, 5.74) is 5.40. The Bertz CT molecular complexity index is 219. The van der Waals surface area contributed by atoms with Gasteiger partial charge in [0.05, 0.1) is 0 Å². The molecule has 0 aromatic heterocycles. The van der Waals surface area contributed by atoms with Crippen molar-refractivity contribution in [3.63, 3.8) is 0 Å². The van der Waals surface area contributed by atoms with Crippen LogP contribution in [0, 0.1) is 0 Å². The lowest BCUT2D eigenvalue weighted by atomic mass is 10.1. The Hall–Kier alpha value is -0.570. The summed E-state index contributed by atoms with van der Waals surface area (Å²) in [6.45, 7) is 4.49. The number of carbonyl (C=O) groups excluding carboxylic acids is 1. The van der Waals surface area contributed by atoms with E-state index in [1.165, 1.54) is 57.8 Å². The lowest BCUT2D eigenvalue weighted by Gasteiger charge is -2.10. The number of nitrogens with two attached hydrogens (primary N) is 1. The van der Waals surface area contributed by atoms with Crippen LogP contribution in [0.4, 0.5) is 0 Å². The van der Waals surface area contributed by atoms with E-state index in [0.29, 0.717) is 13.0 Å². The van der Waals surface area contributed by atoms with Crippen LogP contribution < -0.4 is 5.73 Å². The average Bonchev–Trinajstić information content (AvgIpc) is 2.44. The Morgan fingerprint density at radius 1 is 0.900 bits per heavy atom. The lowest BCUT2D eigenvalue weighted by Crippen LogP contribution is -2.23. The second-order valence-electron chi connectivity index (χ2n) is 5.82. The summed E-state index contributed by atoms with van der Waals surface area (Å²) < 4.78 is 5.13. The minimum Gasteiger partial charge on any atom is -0.461 e. The van der Waals surface area contributed by atoms with Gasteiger partial charge in [-0.2, -0.15) is 0 Å². The van der Waals surface area contributed by atoms with Crippen molar-refractivity contribution in [1.82, 2.24) is 0 Å². The molecule has 0 fully saturated rings. The van der Waals surface area contributed by atoms with Crippen molar-refractivity contribution in [3.05, 3.63) is 0 Å². The van der Waals surface area contributed by atoms with E-state index in [1.54, 1.807) is 0 Å². The molecule has 0 aliphatic rings. The Balaban J connectivity index is 3.14. The summed E-state index contributed by atoms with van der Waals surface area (Å²) in [5.74, 6) is -0.0983. The summed E-state index contributed by atoms with van der Waals surface area (Å²) in [7, 11) is 0. The van der Waals surface area contributed by atoms with Gasteiger partial charge in [-0.25, -0.2) is 0 Å². The van der Waals surface area contributed by atoms with Gasteiger partial charge in [0.25, 0.3) is 0 Å². The van der Waals surface area contributed by atoms with Crippen molar-refractivity contribution in [1.29, 1.82) is 0 Å².